The monoisotopic (exact) mass is 737 g/mol. The SMILES string of the molecule is CCCCCCCCn1c2ccc(Br)cc2c2c1c1c(c3cc(Br)ccc3n1CCCCCCCC)n2CCCCCCCC. The van der Waals surface area contributed by atoms with E-state index >= 15 is 0 Å². The number of aryl methyl sites for hydroxylation is 3. The zero-order valence-corrected chi connectivity index (χ0v) is 31.6. The molecule has 3 aromatic heterocycles. The van der Waals surface area contributed by atoms with Gasteiger partial charge in [-0.25, -0.2) is 0 Å². The molecule has 5 aromatic rings. The average Bonchev–Trinajstić information content (AvgIpc) is 3.63. The second-order valence-corrected chi connectivity index (χ2v) is 15.3. The molecular formula is C40H57Br2N3. The second kappa shape index (κ2) is 17.4. The van der Waals surface area contributed by atoms with Gasteiger partial charge in [0.05, 0.1) is 33.1 Å². The Morgan fingerprint density at radius 3 is 1.11 bits per heavy atom. The fourth-order valence-electron chi connectivity index (χ4n) is 7.60. The third kappa shape index (κ3) is 8.06. The number of unbranched alkanes of at least 4 members (excludes halogenated alkanes) is 15. The number of hydrogen-bond acceptors (Lipinski definition) is 0. The van der Waals surface area contributed by atoms with Crippen LogP contribution in [-0.4, -0.2) is 13.7 Å². The van der Waals surface area contributed by atoms with Gasteiger partial charge in [0, 0.05) is 39.4 Å². The van der Waals surface area contributed by atoms with Crippen molar-refractivity contribution in [2.45, 2.75) is 156 Å². The summed E-state index contributed by atoms with van der Waals surface area (Å²) in [6, 6.07) is 14.0. The maximum absolute atomic E-state index is 3.86. The maximum atomic E-state index is 3.86. The van der Waals surface area contributed by atoms with Gasteiger partial charge in [-0.2, -0.15) is 0 Å². The lowest BCUT2D eigenvalue weighted by Gasteiger charge is -2.11. The van der Waals surface area contributed by atoms with Crippen LogP contribution in [0.15, 0.2) is 45.3 Å². The Morgan fingerprint density at radius 1 is 0.400 bits per heavy atom. The molecule has 0 fully saturated rings. The van der Waals surface area contributed by atoms with Crippen LogP contribution in [0.1, 0.15) is 136 Å². The van der Waals surface area contributed by atoms with Crippen LogP contribution in [0.25, 0.3) is 43.9 Å². The number of benzene rings is 2. The lowest BCUT2D eigenvalue weighted by Crippen LogP contribution is -2.01. The van der Waals surface area contributed by atoms with Gasteiger partial charge >= 0.3 is 0 Å². The minimum Gasteiger partial charge on any atom is -0.337 e. The zero-order chi connectivity index (χ0) is 31.6. The Morgan fingerprint density at radius 2 is 0.733 bits per heavy atom. The fraction of sp³-hybridized carbons (Fsp3) is 0.600. The van der Waals surface area contributed by atoms with Gasteiger partial charge in [-0.15, -0.1) is 0 Å². The van der Waals surface area contributed by atoms with Crippen LogP contribution >= 0.6 is 31.9 Å². The highest BCUT2D eigenvalue weighted by atomic mass is 79.9. The number of hydrogen-bond donors (Lipinski definition) is 0. The molecule has 0 atom stereocenters. The molecule has 0 N–H and O–H groups in total. The Balaban J connectivity index is 1.65. The van der Waals surface area contributed by atoms with E-state index in [-0.39, 0.29) is 0 Å². The van der Waals surface area contributed by atoms with E-state index < -0.39 is 0 Å². The summed E-state index contributed by atoms with van der Waals surface area (Å²) in [4.78, 5) is 0. The molecule has 0 saturated carbocycles. The van der Waals surface area contributed by atoms with Crippen molar-refractivity contribution in [3.8, 4) is 0 Å². The normalized spacial score (nSPS) is 12.2. The van der Waals surface area contributed by atoms with Gasteiger partial charge in [0.15, 0.2) is 0 Å². The molecule has 0 aliphatic heterocycles. The highest BCUT2D eigenvalue weighted by Crippen LogP contribution is 2.43. The minimum absolute atomic E-state index is 1.08. The van der Waals surface area contributed by atoms with Crippen molar-refractivity contribution >= 4 is 75.7 Å². The van der Waals surface area contributed by atoms with Crippen molar-refractivity contribution in [1.82, 2.24) is 13.7 Å². The van der Waals surface area contributed by atoms with Gasteiger partial charge in [0.25, 0.3) is 0 Å². The molecule has 0 aliphatic rings. The first-order valence-corrected chi connectivity index (χ1v) is 20.1. The highest BCUT2D eigenvalue weighted by Gasteiger charge is 2.26. The lowest BCUT2D eigenvalue weighted by molar-refractivity contribution is 0.567. The standard InChI is InChI=1S/C40H57Br2N3/c1-4-7-10-13-16-19-26-43-35-24-22-31(41)29-33(35)37-39(43)40-38(45(37)28-21-18-15-12-9-6-3)34-30-32(42)23-25-36(34)44(40)27-20-17-14-11-8-5-2/h22-25,29-30H,4-21,26-28H2,1-3H3. The number of fused-ring (bicyclic) bond motifs is 7. The predicted octanol–water partition coefficient (Wildman–Crippen LogP) is 14.3. The number of aromatic nitrogens is 3. The summed E-state index contributed by atoms with van der Waals surface area (Å²) in [5, 5.41) is 2.81. The molecule has 246 valence electrons. The molecular weight excluding hydrogens is 682 g/mol. The maximum Gasteiger partial charge on any atom is 0.0922 e. The Bertz CT molecular complexity index is 1540. The molecule has 0 bridgehead atoms. The van der Waals surface area contributed by atoms with Crippen molar-refractivity contribution in [1.29, 1.82) is 0 Å². The molecule has 0 saturated heterocycles. The van der Waals surface area contributed by atoms with Crippen LogP contribution in [0, 0.1) is 0 Å². The summed E-state index contributed by atoms with van der Waals surface area (Å²) >= 11 is 7.71. The largest absolute Gasteiger partial charge is 0.337 e. The van der Waals surface area contributed by atoms with E-state index in [1.165, 1.54) is 168 Å². The summed E-state index contributed by atoms with van der Waals surface area (Å²) in [6.07, 6.45) is 23.8. The van der Waals surface area contributed by atoms with Gasteiger partial charge in [0.2, 0.25) is 0 Å². The van der Waals surface area contributed by atoms with Gasteiger partial charge in [-0.3, -0.25) is 0 Å². The van der Waals surface area contributed by atoms with Crippen molar-refractivity contribution in [2.24, 2.45) is 0 Å². The minimum atomic E-state index is 1.08. The molecule has 45 heavy (non-hydrogen) atoms. The van der Waals surface area contributed by atoms with Crippen molar-refractivity contribution in [3.63, 3.8) is 0 Å². The second-order valence-electron chi connectivity index (χ2n) is 13.5. The molecule has 5 heteroatoms. The predicted molar refractivity (Wildman–Crippen MR) is 206 cm³/mol. The van der Waals surface area contributed by atoms with Crippen molar-refractivity contribution < 1.29 is 0 Å². The third-order valence-corrected chi connectivity index (χ3v) is 11.0. The molecule has 0 aliphatic carbocycles. The molecule has 0 unspecified atom stereocenters. The Hall–Kier alpha value is -1.72. The quantitative estimate of drug-likeness (QED) is 0.0666. The summed E-state index contributed by atoms with van der Waals surface area (Å²) < 4.78 is 10.5. The highest BCUT2D eigenvalue weighted by molar-refractivity contribution is 9.10. The molecule has 2 aromatic carbocycles. The summed E-state index contributed by atoms with van der Waals surface area (Å²) in [7, 11) is 0. The van der Waals surface area contributed by atoms with Crippen molar-refractivity contribution in [2.75, 3.05) is 0 Å². The molecule has 5 rings (SSSR count). The van der Waals surface area contributed by atoms with E-state index in [2.05, 4.69) is 103 Å². The zero-order valence-electron chi connectivity index (χ0n) is 28.4. The summed E-state index contributed by atoms with van der Waals surface area (Å²) in [5.41, 5.74) is 8.64. The van der Waals surface area contributed by atoms with E-state index in [9.17, 15) is 0 Å². The van der Waals surface area contributed by atoms with Crippen LogP contribution in [-0.2, 0) is 19.6 Å². The van der Waals surface area contributed by atoms with E-state index in [1.54, 1.807) is 0 Å². The Kier molecular flexibility index (Phi) is 13.4. The summed E-state index contributed by atoms with van der Waals surface area (Å²) in [5.74, 6) is 0. The number of rotatable bonds is 21. The van der Waals surface area contributed by atoms with Gasteiger partial charge < -0.3 is 13.7 Å². The lowest BCUT2D eigenvalue weighted by atomic mass is 10.1. The smallest absolute Gasteiger partial charge is 0.0922 e. The molecule has 0 radical (unpaired) electrons. The van der Waals surface area contributed by atoms with E-state index in [1.807, 2.05) is 0 Å². The van der Waals surface area contributed by atoms with Crippen LogP contribution in [0.4, 0.5) is 0 Å². The molecule has 3 nitrogen and oxygen atoms in total. The van der Waals surface area contributed by atoms with Crippen LogP contribution in [0.2, 0.25) is 0 Å². The topological polar surface area (TPSA) is 14.8 Å². The van der Waals surface area contributed by atoms with Crippen LogP contribution < -0.4 is 0 Å². The van der Waals surface area contributed by atoms with Crippen molar-refractivity contribution in [3.05, 3.63) is 45.3 Å². The summed E-state index contributed by atoms with van der Waals surface area (Å²) in [6.45, 7) is 10.2. The Labute approximate surface area is 289 Å². The molecule has 3 heterocycles. The van der Waals surface area contributed by atoms with E-state index in [0.29, 0.717) is 0 Å². The van der Waals surface area contributed by atoms with E-state index in [0.717, 1.165) is 19.6 Å². The number of nitrogens with zero attached hydrogens (tertiary/aromatic N) is 3. The van der Waals surface area contributed by atoms with Gasteiger partial charge in [0.1, 0.15) is 0 Å². The first kappa shape index (κ1) is 34.6. The fourth-order valence-corrected chi connectivity index (χ4v) is 8.32. The van der Waals surface area contributed by atoms with Gasteiger partial charge in [-0.1, -0.05) is 149 Å². The first-order valence-electron chi connectivity index (χ1n) is 18.5. The molecule has 0 amide bonds. The first-order chi connectivity index (χ1) is 22.1. The average molecular weight is 740 g/mol. The van der Waals surface area contributed by atoms with Gasteiger partial charge in [-0.05, 0) is 55.7 Å². The van der Waals surface area contributed by atoms with Crippen LogP contribution in [0.5, 0.6) is 0 Å². The van der Waals surface area contributed by atoms with Crippen LogP contribution in [0.3, 0.4) is 0 Å². The third-order valence-electron chi connectivity index (χ3n) is 9.97. The van der Waals surface area contributed by atoms with E-state index in [4.69, 9.17) is 0 Å². The molecule has 0 spiro atoms. The number of halogens is 2.